The molecule has 2 aliphatic carbocycles. The van der Waals surface area contributed by atoms with Crippen molar-refractivity contribution in [3.8, 4) is 0 Å². The van der Waals surface area contributed by atoms with Crippen molar-refractivity contribution in [1.29, 1.82) is 0 Å². The molecule has 2 aromatic rings. The predicted octanol–water partition coefficient (Wildman–Crippen LogP) is 5.55. The molecule has 8 heteroatoms. The minimum atomic E-state index is -1.00. The van der Waals surface area contributed by atoms with Gasteiger partial charge in [-0.2, -0.15) is 0 Å². The van der Waals surface area contributed by atoms with Crippen LogP contribution in [0.15, 0.2) is 71.4 Å². The Balaban J connectivity index is 1.58. The second-order valence-corrected chi connectivity index (χ2v) is 10.6. The van der Waals surface area contributed by atoms with Gasteiger partial charge in [0.1, 0.15) is 11.9 Å². The van der Waals surface area contributed by atoms with E-state index in [1.165, 1.54) is 31.4 Å². The van der Waals surface area contributed by atoms with E-state index in [0.29, 0.717) is 25.0 Å². The van der Waals surface area contributed by atoms with Crippen molar-refractivity contribution in [3.05, 3.63) is 84.0 Å². The largest absolute Gasteiger partial charge is 0.490 e. The number of rotatable bonds is 4. The lowest BCUT2D eigenvalue weighted by Gasteiger charge is -2.60. The summed E-state index contributed by atoms with van der Waals surface area (Å²) in [6.07, 6.45) is 5.80. The third-order valence-corrected chi connectivity index (χ3v) is 8.59. The van der Waals surface area contributed by atoms with Gasteiger partial charge in [-0.05, 0) is 54.4 Å². The molecule has 0 N–H and O–H groups in total. The maximum atomic E-state index is 14.3. The van der Waals surface area contributed by atoms with Crippen LogP contribution in [0.4, 0.5) is 4.39 Å². The van der Waals surface area contributed by atoms with Crippen LogP contribution in [0.25, 0.3) is 0 Å². The van der Waals surface area contributed by atoms with Crippen LogP contribution in [0.5, 0.6) is 0 Å². The highest BCUT2D eigenvalue weighted by molar-refractivity contribution is 6.03. The van der Waals surface area contributed by atoms with Gasteiger partial charge in [-0.25, -0.2) is 9.18 Å². The Kier molecular flexibility index (Phi) is 6.09. The van der Waals surface area contributed by atoms with E-state index >= 15 is 0 Å². The molecule has 2 fully saturated rings. The van der Waals surface area contributed by atoms with Gasteiger partial charge in [0, 0.05) is 17.4 Å². The molecule has 3 aliphatic rings. The third-order valence-electron chi connectivity index (χ3n) is 8.59. The summed E-state index contributed by atoms with van der Waals surface area (Å²) in [5.41, 5.74) is -0.964. The Morgan fingerprint density at radius 1 is 1.16 bits per heavy atom. The van der Waals surface area contributed by atoms with Crippen molar-refractivity contribution in [2.45, 2.75) is 39.2 Å². The molecule has 194 valence electrons. The number of carbonyl (C=O) groups is 3. The minimum Gasteiger partial charge on any atom is -0.490 e. The van der Waals surface area contributed by atoms with Gasteiger partial charge in [0.25, 0.3) is 0 Å². The summed E-state index contributed by atoms with van der Waals surface area (Å²) in [5.74, 6) is -4.12. The van der Waals surface area contributed by atoms with E-state index in [-0.39, 0.29) is 17.2 Å². The number of methoxy groups -OCH3 is 1. The summed E-state index contributed by atoms with van der Waals surface area (Å²) < 4.78 is 36.3. The lowest BCUT2D eigenvalue weighted by molar-refractivity contribution is -0.174. The summed E-state index contributed by atoms with van der Waals surface area (Å²) in [5, 5.41) is 0. The predicted molar refractivity (Wildman–Crippen MR) is 129 cm³/mol. The first-order chi connectivity index (χ1) is 17.6. The summed E-state index contributed by atoms with van der Waals surface area (Å²) >= 11 is 0. The van der Waals surface area contributed by atoms with Crippen LogP contribution in [0.3, 0.4) is 0 Å². The van der Waals surface area contributed by atoms with E-state index in [1.807, 2.05) is 19.9 Å². The molecular weight excluding hydrogens is 479 g/mol. The number of hydrogen-bond donors (Lipinski definition) is 0. The highest BCUT2D eigenvalue weighted by Crippen LogP contribution is 2.66. The third kappa shape index (κ3) is 3.90. The average molecular weight is 509 g/mol. The van der Waals surface area contributed by atoms with Crippen LogP contribution >= 0.6 is 0 Å². The van der Waals surface area contributed by atoms with Crippen molar-refractivity contribution in [3.63, 3.8) is 0 Å². The second kappa shape index (κ2) is 9.01. The van der Waals surface area contributed by atoms with E-state index < -0.39 is 52.3 Å². The number of ether oxygens (including phenoxy) is 3. The number of hydrogen-bond acceptors (Lipinski definition) is 7. The van der Waals surface area contributed by atoms with Crippen LogP contribution in [0.1, 0.15) is 55.1 Å². The molecule has 0 amide bonds. The molecule has 0 bridgehead atoms. The van der Waals surface area contributed by atoms with Crippen LogP contribution in [0.2, 0.25) is 0 Å². The van der Waals surface area contributed by atoms with E-state index in [2.05, 4.69) is 6.58 Å². The van der Waals surface area contributed by atoms with E-state index in [4.69, 9.17) is 18.6 Å². The van der Waals surface area contributed by atoms with E-state index in [0.717, 1.165) is 11.6 Å². The van der Waals surface area contributed by atoms with Crippen LogP contribution in [0, 0.1) is 34.4 Å². The number of Topliss-reactive ketones (excluding diaryl/α,β-unsaturated/α-hetero) is 1. The SMILES string of the molecule is C=C1O[C@H](c2ccoc2)C[C@]2(C)[C@H]3C(=O)C(OC(=O)c4ccccc4F)=C[C@@H](C(=O)OC)[C@]3(C)CC[C@@H]12. The molecule has 2 heterocycles. The van der Waals surface area contributed by atoms with Crippen molar-refractivity contribution in [2.75, 3.05) is 7.11 Å². The molecule has 7 nitrogen and oxygen atoms in total. The number of esters is 2. The zero-order chi connectivity index (χ0) is 26.5. The quantitative estimate of drug-likeness (QED) is 0.500. The van der Waals surface area contributed by atoms with E-state index in [9.17, 15) is 18.8 Å². The van der Waals surface area contributed by atoms with Gasteiger partial charge in [-0.3, -0.25) is 9.59 Å². The number of benzene rings is 1. The van der Waals surface area contributed by atoms with E-state index in [1.54, 1.807) is 12.5 Å². The summed E-state index contributed by atoms with van der Waals surface area (Å²) in [6, 6.07) is 7.18. The molecule has 1 saturated heterocycles. The fourth-order valence-electron chi connectivity index (χ4n) is 6.85. The van der Waals surface area contributed by atoms with Crippen molar-refractivity contribution in [1.82, 2.24) is 0 Å². The van der Waals surface area contributed by atoms with Gasteiger partial charge in [-0.1, -0.05) is 32.6 Å². The van der Waals surface area contributed by atoms with Crippen molar-refractivity contribution in [2.24, 2.45) is 28.6 Å². The number of ketones is 1. The molecule has 5 rings (SSSR count). The van der Waals surface area contributed by atoms with Gasteiger partial charge in [-0.15, -0.1) is 0 Å². The molecule has 0 unspecified atom stereocenters. The van der Waals surface area contributed by atoms with Gasteiger partial charge in [0.2, 0.25) is 5.78 Å². The molecule has 37 heavy (non-hydrogen) atoms. The maximum Gasteiger partial charge on any atom is 0.346 e. The lowest BCUT2D eigenvalue weighted by Crippen LogP contribution is -2.60. The first-order valence-electron chi connectivity index (χ1n) is 12.3. The first-order valence-corrected chi connectivity index (χ1v) is 12.3. The highest BCUT2D eigenvalue weighted by Gasteiger charge is 2.65. The lowest BCUT2D eigenvalue weighted by atomic mass is 9.44. The molecular formula is C29H29FO7. The standard InChI is InChI=1S/C29H29FO7/c1-16-19-9-11-28(2)20(27(33)34-4)13-22(37-26(32)18-7-5-6-8-21(18)30)24(31)25(28)29(19,3)14-23(36-16)17-10-12-35-15-17/h5-8,10,12-13,15,19-20,23,25H,1,9,11,14H2,2-4H3/t19-,20-,23-,25-,28-,29-/m0/s1. The molecule has 1 aromatic heterocycles. The smallest absolute Gasteiger partial charge is 0.346 e. The Labute approximate surface area is 214 Å². The van der Waals surface area contributed by atoms with Gasteiger partial charge < -0.3 is 18.6 Å². The minimum absolute atomic E-state index is 0.155. The van der Waals surface area contributed by atoms with Gasteiger partial charge in [0.15, 0.2) is 5.76 Å². The number of fused-ring (bicyclic) bond motifs is 3. The molecule has 1 aliphatic heterocycles. The van der Waals surface area contributed by atoms with Gasteiger partial charge >= 0.3 is 11.9 Å². The topological polar surface area (TPSA) is 92.0 Å². The Hall–Kier alpha value is -3.68. The Bertz CT molecular complexity index is 1300. The fourth-order valence-corrected chi connectivity index (χ4v) is 6.85. The van der Waals surface area contributed by atoms with Crippen molar-refractivity contribution < 1.29 is 37.4 Å². The second-order valence-electron chi connectivity index (χ2n) is 10.6. The monoisotopic (exact) mass is 508 g/mol. The molecule has 0 spiro atoms. The first kappa shape index (κ1) is 25.0. The number of furan rings is 1. The number of allylic oxidation sites excluding steroid dienone is 2. The average Bonchev–Trinajstić information content (AvgIpc) is 3.40. The summed E-state index contributed by atoms with van der Waals surface area (Å²) in [6.45, 7) is 8.10. The normalized spacial score (nSPS) is 32.9. The highest BCUT2D eigenvalue weighted by atomic mass is 19.1. The number of halogens is 1. The zero-order valence-corrected chi connectivity index (χ0v) is 21.0. The van der Waals surface area contributed by atoms with Gasteiger partial charge in [0.05, 0.1) is 36.9 Å². The van der Waals surface area contributed by atoms with Crippen LogP contribution in [-0.2, 0) is 23.8 Å². The molecule has 0 radical (unpaired) electrons. The zero-order valence-electron chi connectivity index (χ0n) is 21.0. The molecule has 1 saturated carbocycles. The van der Waals surface area contributed by atoms with Crippen molar-refractivity contribution >= 4 is 17.7 Å². The summed E-state index contributed by atoms with van der Waals surface area (Å²) in [7, 11) is 1.29. The molecule has 6 atom stereocenters. The fraction of sp³-hybridized carbons (Fsp3) is 0.414. The number of carbonyl (C=O) groups excluding carboxylic acids is 3. The Morgan fingerprint density at radius 2 is 1.92 bits per heavy atom. The van der Waals surface area contributed by atoms with Crippen LogP contribution < -0.4 is 0 Å². The Morgan fingerprint density at radius 3 is 2.59 bits per heavy atom. The summed E-state index contributed by atoms with van der Waals surface area (Å²) in [4.78, 5) is 40.1. The van der Waals surface area contributed by atoms with Crippen LogP contribution in [-0.4, -0.2) is 24.8 Å². The molecule has 1 aromatic carbocycles. The maximum absolute atomic E-state index is 14.3.